The highest BCUT2D eigenvalue weighted by molar-refractivity contribution is 5.23. The van der Waals surface area contributed by atoms with Crippen molar-refractivity contribution in [2.24, 2.45) is 0 Å². The lowest BCUT2D eigenvalue weighted by atomic mass is 10.0. The lowest BCUT2D eigenvalue weighted by Gasteiger charge is -2.35. The van der Waals surface area contributed by atoms with Gasteiger partial charge in [-0.2, -0.15) is 0 Å². The van der Waals surface area contributed by atoms with Gasteiger partial charge in [0.05, 0.1) is 6.10 Å². The molecule has 0 amide bonds. The highest BCUT2D eigenvalue weighted by Gasteiger charge is 2.20. The molecule has 0 radical (unpaired) electrons. The summed E-state index contributed by atoms with van der Waals surface area (Å²) < 4.78 is 0. The average Bonchev–Trinajstić information content (AvgIpc) is 2.46. The zero-order valence-corrected chi connectivity index (χ0v) is 13.0. The first-order valence-electron chi connectivity index (χ1n) is 7.69. The van der Waals surface area contributed by atoms with Crippen molar-refractivity contribution < 1.29 is 5.11 Å². The van der Waals surface area contributed by atoms with Crippen LogP contribution in [-0.2, 0) is 0 Å². The Kier molecular flexibility index (Phi) is 5.58. The number of aryl methyl sites for hydroxylation is 1. The standard InChI is InChI=1S/C17H28N2O/c1-14-4-6-15(7-5-14)17(20)10-13-19-11-8-16(9-12-19)18(2)3/h4-7,16-17,20H,8-13H2,1-3H3. The Morgan fingerprint density at radius 3 is 2.35 bits per heavy atom. The molecule has 1 atom stereocenters. The summed E-state index contributed by atoms with van der Waals surface area (Å²) in [7, 11) is 4.34. The second-order valence-corrected chi connectivity index (χ2v) is 6.25. The second kappa shape index (κ2) is 7.21. The molecule has 20 heavy (non-hydrogen) atoms. The predicted molar refractivity (Wildman–Crippen MR) is 83.9 cm³/mol. The first-order chi connectivity index (χ1) is 9.56. The van der Waals surface area contributed by atoms with Crippen LogP contribution in [0.5, 0.6) is 0 Å². The summed E-state index contributed by atoms with van der Waals surface area (Å²) in [4.78, 5) is 4.82. The van der Waals surface area contributed by atoms with Crippen LogP contribution in [0.2, 0.25) is 0 Å². The summed E-state index contributed by atoms with van der Waals surface area (Å²) in [6.45, 7) is 5.38. The normalized spacial score (nSPS) is 19.4. The molecule has 0 aromatic heterocycles. The van der Waals surface area contributed by atoms with Gasteiger partial charge >= 0.3 is 0 Å². The van der Waals surface area contributed by atoms with E-state index in [9.17, 15) is 5.11 Å². The summed E-state index contributed by atoms with van der Waals surface area (Å²) in [6.07, 6.45) is 2.99. The van der Waals surface area contributed by atoms with Gasteiger partial charge in [0.25, 0.3) is 0 Å². The van der Waals surface area contributed by atoms with Crippen molar-refractivity contribution in [1.82, 2.24) is 9.80 Å². The van der Waals surface area contributed by atoms with Crippen LogP contribution >= 0.6 is 0 Å². The number of hydrogen-bond acceptors (Lipinski definition) is 3. The van der Waals surface area contributed by atoms with Crippen LogP contribution in [0.3, 0.4) is 0 Å². The van der Waals surface area contributed by atoms with Gasteiger partial charge in [-0.05, 0) is 58.9 Å². The number of hydrogen-bond donors (Lipinski definition) is 1. The van der Waals surface area contributed by atoms with Crippen molar-refractivity contribution in [3.63, 3.8) is 0 Å². The molecule has 2 rings (SSSR count). The van der Waals surface area contributed by atoms with Gasteiger partial charge in [0.15, 0.2) is 0 Å². The van der Waals surface area contributed by atoms with Crippen LogP contribution in [-0.4, -0.2) is 54.7 Å². The van der Waals surface area contributed by atoms with Gasteiger partial charge in [-0.3, -0.25) is 0 Å². The van der Waals surface area contributed by atoms with E-state index in [1.54, 1.807) is 0 Å². The van der Waals surface area contributed by atoms with E-state index in [0.717, 1.165) is 37.7 Å². The van der Waals surface area contributed by atoms with Crippen LogP contribution in [0.25, 0.3) is 0 Å². The zero-order valence-electron chi connectivity index (χ0n) is 13.0. The van der Waals surface area contributed by atoms with Crippen LogP contribution in [0.15, 0.2) is 24.3 Å². The summed E-state index contributed by atoms with van der Waals surface area (Å²) >= 11 is 0. The zero-order chi connectivity index (χ0) is 14.5. The van der Waals surface area contributed by atoms with Gasteiger partial charge in [-0.1, -0.05) is 29.8 Å². The van der Waals surface area contributed by atoms with E-state index >= 15 is 0 Å². The molecule has 1 saturated heterocycles. The molecule has 0 saturated carbocycles. The van der Waals surface area contributed by atoms with Crippen LogP contribution < -0.4 is 0 Å². The summed E-state index contributed by atoms with van der Waals surface area (Å²) in [5.41, 5.74) is 2.28. The maximum absolute atomic E-state index is 10.2. The molecular weight excluding hydrogens is 248 g/mol. The highest BCUT2D eigenvalue weighted by Crippen LogP contribution is 2.20. The Morgan fingerprint density at radius 2 is 1.80 bits per heavy atom. The fraction of sp³-hybridized carbons (Fsp3) is 0.647. The highest BCUT2D eigenvalue weighted by atomic mass is 16.3. The molecule has 1 fully saturated rings. The Hall–Kier alpha value is -0.900. The lowest BCUT2D eigenvalue weighted by molar-refractivity contribution is 0.110. The fourth-order valence-electron chi connectivity index (χ4n) is 2.92. The monoisotopic (exact) mass is 276 g/mol. The van der Waals surface area contributed by atoms with Crippen LogP contribution in [0.1, 0.15) is 36.5 Å². The van der Waals surface area contributed by atoms with E-state index < -0.39 is 0 Å². The summed E-state index contributed by atoms with van der Waals surface area (Å²) in [5.74, 6) is 0. The van der Waals surface area contributed by atoms with Gasteiger partial charge in [0.1, 0.15) is 0 Å². The molecule has 1 unspecified atom stereocenters. The maximum atomic E-state index is 10.2. The number of likely N-dealkylation sites (tertiary alicyclic amines) is 1. The minimum absolute atomic E-state index is 0.331. The molecule has 0 spiro atoms. The number of aliphatic hydroxyl groups excluding tert-OH is 1. The number of rotatable bonds is 5. The van der Waals surface area contributed by atoms with E-state index in [-0.39, 0.29) is 6.10 Å². The van der Waals surface area contributed by atoms with Gasteiger partial charge in [-0.25, -0.2) is 0 Å². The van der Waals surface area contributed by atoms with Gasteiger partial charge in [-0.15, -0.1) is 0 Å². The molecule has 1 heterocycles. The van der Waals surface area contributed by atoms with Crippen molar-refractivity contribution >= 4 is 0 Å². The first-order valence-corrected chi connectivity index (χ1v) is 7.69. The van der Waals surface area contributed by atoms with Crippen molar-refractivity contribution in [2.45, 2.75) is 38.3 Å². The summed E-state index contributed by atoms with van der Waals surface area (Å²) in [6, 6.07) is 8.95. The van der Waals surface area contributed by atoms with E-state index in [0.29, 0.717) is 0 Å². The van der Waals surface area contributed by atoms with Gasteiger partial charge in [0.2, 0.25) is 0 Å². The third kappa shape index (κ3) is 4.30. The van der Waals surface area contributed by atoms with Crippen molar-refractivity contribution in [1.29, 1.82) is 0 Å². The topological polar surface area (TPSA) is 26.7 Å². The average molecular weight is 276 g/mol. The molecule has 1 aromatic rings. The number of aliphatic hydroxyl groups is 1. The maximum Gasteiger partial charge on any atom is 0.0802 e. The number of nitrogens with zero attached hydrogens (tertiary/aromatic N) is 2. The van der Waals surface area contributed by atoms with E-state index in [1.807, 2.05) is 12.1 Å². The first kappa shape index (κ1) is 15.5. The smallest absolute Gasteiger partial charge is 0.0802 e. The van der Waals surface area contributed by atoms with E-state index in [1.165, 1.54) is 18.4 Å². The van der Waals surface area contributed by atoms with Crippen LogP contribution in [0, 0.1) is 6.92 Å². The fourth-order valence-corrected chi connectivity index (χ4v) is 2.92. The Balaban J connectivity index is 1.74. The SMILES string of the molecule is Cc1ccc(C(O)CCN2CCC(N(C)C)CC2)cc1. The third-order valence-corrected chi connectivity index (χ3v) is 4.47. The predicted octanol–water partition coefficient (Wildman–Crippen LogP) is 2.44. The Bertz CT molecular complexity index is 394. The third-order valence-electron chi connectivity index (χ3n) is 4.47. The minimum atomic E-state index is -0.331. The Labute approximate surface area is 123 Å². The molecule has 1 N–H and O–H groups in total. The molecule has 112 valence electrons. The molecule has 0 aliphatic carbocycles. The number of benzene rings is 1. The largest absolute Gasteiger partial charge is 0.388 e. The van der Waals surface area contributed by atoms with E-state index in [4.69, 9.17) is 0 Å². The van der Waals surface area contributed by atoms with Crippen molar-refractivity contribution in [3.8, 4) is 0 Å². The van der Waals surface area contributed by atoms with Crippen molar-refractivity contribution in [3.05, 3.63) is 35.4 Å². The summed E-state index contributed by atoms with van der Waals surface area (Å²) in [5, 5.41) is 10.2. The molecule has 1 aromatic carbocycles. The molecule has 3 nitrogen and oxygen atoms in total. The van der Waals surface area contributed by atoms with Crippen LogP contribution in [0.4, 0.5) is 0 Å². The minimum Gasteiger partial charge on any atom is -0.388 e. The molecular formula is C17H28N2O. The van der Waals surface area contributed by atoms with Gasteiger partial charge in [0, 0.05) is 12.6 Å². The molecule has 1 aliphatic rings. The quantitative estimate of drug-likeness (QED) is 0.895. The lowest BCUT2D eigenvalue weighted by Crippen LogP contribution is -2.42. The van der Waals surface area contributed by atoms with E-state index in [2.05, 4.69) is 43.0 Å². The number of piperidine rings is 1. The van der Waals surface area contributed by atoms with Gasteiger partial charge < -0.3 is 14.9 Å². The second-order valence-electron chi connectivity index (χ2n) is 6.25. The molecule has 3 heteroatoms. The van der Waals surface area contributed by atoms with Crippen molar-refractivity contribution in [2.75, 3.05) is 33.7 Å². The molecule has 1 aliphatic heterocycles. The molecule has 0 bridgehead atoms. The Morgan fingerprint density at radius 1 is 1.20 bits per heavy atom.